The van der Waals surface area contributed by atoms with Gasteiger partial charge in [-0.1, -0.05) is 24.3 Å². The summed E-state index contributed by atoms with van der Waals surface area (Å²) in [6.45, 7) is 4.69. The molecule has 2 aliphatic rings. The van der Waals surface area contributed by atoms with E-state index in [9.17, 15) is 14.4 Å². The number of benzene rings is 1. The zero-order valence-electron chi connectivity index (χ0n) is 14.2. The van der Waals surface area contributed by atoms with Crippen molar-refractivity contribution in [3.63, 3.8) is 0 Å². The highest BCUT2D eigenvalue weighted by Gasteiger charge is 2.54. The van der Waals surface area contributed by atoms with Crippen LogP contribution in [0.4, 0.5) is 4.79 Å². The van der Waals surface area contributed by atoms with Gasteiger partial charge in [-0.05, 0) is 44.2 Å². The summed E-state index contributed by atoms with van der Waals surface area (Å²) in [5.74, 6) is -0.509. The Morgan fingerprint density at radius 1 is 1.25 bits per heavy atom. The number of nitrogens with zero attached hydrogens (tertiary/aromatic N) is 2. The molecule has 0 bridgehead atoms. The molecule has 1 aliphatic carbocycles. The molecule has 6 nitrogen and oxygen atoms in total. The molecule has 1 atom stereocenters. The van der Waals surface area contributed by atoms with Crippen molar-refractivity contribution in [3.8, 4) is 0 Å². The summed E-state index contributed by atoms with van der Waals surface area (Å²) in [6.07, 6.45) is 2.31. The number of aryl methyl sites for hydroxylation is 1. The van der Waals surface area contributed by atoms with Gasteiger partial charge in [0.15, 0.2) is 0 Å². The van der Waals surface area contributed by atoms with E-state index in [2.05, 4.69) is 5.32 Å². The molecule has 1 spiro atoms. The number of carbonyl (C=O) groups is 3. The van der Waals surface area contributed by atoms with Crippen molar-refractivity contribution >= 4 is 17.8 Å². The van der Waals surface area contributed by atoms with Crippen molar-refractivity contribution in [2.75, 3.05) is 19.6 Å². The van der Waals surface area contributed by atoms with E-state index < -0.39 is 11.6 Å². The number of imide groups is 1. The van der Waals surface area contributed by atoms with Crippen LogP contribution < -0.4 is 5.32 Å². The fraction of sp³-hybridized carbons (Fsp3) is 0.500. The Hall–Kier alpha value is -2.37. The second-order valence-corrected chi connectivity index (χ2v) is 6.30. The lowest BCUT2D eigenvalue weighted by molar-refractivity contribution is -0.139. The maximum absolute atomic E-state index is 13.1. The summed E-state index contributed by atoms with van der Waals surface area (Å²) < 4.78 is 0. The molecule has 6 heteroatoms. The number of hydrogen-bond donors (Lipinski definition) is 1. The maximum Gasteiger partial charge on any atom is 0.325 e. The Labute approximate surface area is 141 Å². The van der Waals surface area contributed by atoms with Crippen LogP contribution in [-0.2, 0) is 21.5 Å². The highest BCUT2D eigenvalue weighted by molar-refractivity contribution is 6.09. The average molecular weight is 329 g/mol. The first-order valence-electron chi connectivity index (χ1n) is 8.53. The molecule has 0 aromatic heterocycles. The van der Waals surface area contributed by atoms with Gasteiger partial charge in [0.2, 0.25) is 5.91 Å². The van der Waals surface area contributed by atoms with Crippen LogP contribution in [0, 0.1) is 0 Å². The fourth-order valence-electron chi connectivity index (χ4n) is 3.77. The first kappa shape index (κ1) is 16.5. The molecule has 1 aromatic carbocycles. The van der Waals surface area contributed by atoms with Gasteiger partial charge < -0.3 is 10.2 Å². The number of likely N-dealkylation sites (N-methyl/N-ethyl adjacent to an activating group) is 1. The van der Waals surface area contributed by atoms with E-state index in [0.717, 1.165) is 28.9 Å². The standard InChI is InChI=1S/C18H23N3O3/c1-3-20(4-2)15(22)12-21-16(23)18(19-17(21)24)11-7-9-13-8-5-6-10-14(13)18/h5-6,8,10H,3-4,7,9,11-12H2,1-2H3,(H,19,24)/t18-/m0/s1. The maximum atomic E-state index is 13.1. The molecular formula is C18H23N3O3. The molecule has 24 heavy (non-hydrogen) atoms. The van der Waals surface area contributed by atoms with Gasteiger partial charge in [-0.25, -0.2) is 4.79 Å². The van der Waals surface area contributed by atoms with E-state index in [-0.39, 0.29) is 18.4 Å². The van der Waals surface area contributed by atoms with Crippen molar-refractivity contribution in [2.24, 2.45) is 0 Å². The molecule has 1 saturated heterocycles. The second-order valence-electron chi connectivity index (χ2n) is 6.30. The fourth-order valence-corrected chi connectivity index (χ4v) is 3.77. The van der Waals surface area contributed by atoms with Crippen LogP contribution in [0.25, 0.3) is 0 Å². The number of urea groups is 1. The van der Waals surface area contributed by atoms with E-state index in [1.807, 2.05) is 38.1 Å². The lowest BCUT2D eigenvalue weighted by atomic mass is 9.76. The molecule has 1 aromatic rings. The van der Waals surface area contributed by atoms with Crippen molar-refractivity contribution in [1.29, 1.82) is 0 Å². The third kappa shape index (κ3) is 2.46. The van der Waals surface area contributed by atoms with Crippen LogP contribution in [0.1, 0.15) is 37.8 Å². The first-order valence-corrected chi connectivity index (χ1v) is 8.53. The Kier molecular flexibility index (Phi) is 4.30. The summed E-state index contributed by atoms with van der Waals surface area (Å²) in [5.41, 5.74) is 0.955. The molecule has 128 valence electrons. The zero-order chi connectivity index (χ0) is 17.3. The van der Waals surface area contributed by atoms with Crippen molar-refractivity contribution in [1.82, 2.24) is 15.1 Å². The van der Waals surface area contributed by atoms with Crippen LogP contribution in [-0.4, -0.2) is 47.3 Å². The van der Waals surface area contributed by atoms with Crippen molar-refractivity contribution in [3.05, 3.63) is 35.4 Å². The van der Waals surface area contributed by atoms with Gasteiger partial charge in [0.05, 0.1) is 0 Å². The minimum absolute atomic E-state index is 0.198. The summed E-state index contributed by atoms with van der Waals surface area (Å²) in [5, 5.41) is 2.87. The van der Waals surface area contributed by atoms with Gasteiger partial charge in [0.25, 0.3) is 5.91 Å². The predicted molar refractivity (Wildman–Crippen MR) is 89.2 cm³/mol. The number of rotatable bonds is 4. The van der Waals surface area contributed by atoms with E-state index in [0.29, 0.717) is 19.5 Å². The topological polar surface area (TPSA) is 69.7 Å². The van der Waals surface area contributed by atoms with E-state index in [4.69, 9.17) is 0 Å². The SMILES string of the molecule is CCN(CC)C(=O)CN1C(=O)N[C@]2(CCCc3ccccc32)C1=O. The molecule has 1 heterocycles. The lowest BCUT2D eigenvalue weighted by Gasteiger charge is -2.33. The Morgan fingerprint density at radius 2 is 1.96 bits per heavy atom. The van der Waals surface area contributed by atoms with Gasteiger partial charge in [-0.15, -0.1) is 0 Å². The van der Waals surface area contributed by atoms with Gasteiger partial charge >= 0.3 is 6.03 Å². The molecule has 0 radical (unpaired) electrons. The highest BCUT2D eigenvalue weighted by atomic mass is 16.2. The van der Waals surface area contributed by atoms with Crippen molar-refractivity contribution in [2.45, 2.75) is 38.6 Å². The van der Waals surface area contributed by atoms with Crippen LogP contribution in [0.3, 0.4) is 0 Å². The molecule has 0 saturated carbocycles. The van der Waals surface area contributed by atoms with Gasteiger partial charge in [0, 0.05) is 13.1 Å². The molecular weight excluding hydrogens is 306 g/mol. The number of fused-ring (bicyclic) bond motifs is 2. The van der Waals surface area contributed by atoms with Gasteiger partial charge in [0.1, 0.15) is 12.1 Å². The van der Waals surface area contributed by atoms with E-state index in [1.54, 1.807) is 4.90 Å². The molecule has 0 unspecified atom stereocenters. The molecule has 3 rings (SSSR count). The number of amides is 4. The average Bonchev–Trinajstić information content (AvgIpc) is 2.81. The minimum Gasteiger partial charge on any atom is -0.342 e. The Bertz CT molecular complexity index is 684. The van der Waals surface area contributed by atoms with Gasteiger partial charge in [-0.3, -0.25) is 14.5 Å². The van der Waals surface area contributed by atoms with Crippen LogP contribution in [0.2, 0.25) is 0 Å². The smallest absolute Gasteiger partial charge is 0.325 e. The summed E-state index contributed by atoms with van der Waals surface area (Å²) >= 11 is 0. The molecule has 1 fully saturated rings. The number of carbonyl (C=O) groups excluding carboxylic acids is 3. The van der Waals surface area contributed by atoms with Crippen LogP contribution in [0.15, 0.2) is 24.3 Å². The number of nitrogens with one attached hydrogen (secondary N) is 1. The largest absolute Gasteiger partial charge is 0.342 e. The van der Waals surface area contributed by atoms with Crippen LogP contribution >= 0.6 is 0 Å². The molecule has 1 aliphatic heterocycles. The molecule has 1 N–H and O–H groups in total. The zero-order valence-corrected chi connectivity index (χ0v) is 14.2. The highest BCUT2D eigenvalue weighted by Crippen LogP contribution is 2.39. The summed E-state index contributed by atoms with van der Waals surface area (Å²) in [6, 6.07) is 7.26. The van der Waals surface area contributed by atoms with E-state index >= 15 is 0 Å². The summed E-state index contributed by atoms with van der Waals surface area (Å²) in [7, 11) is 0. The van der Waals surface area contributed by atoms with Crippen LogP contribution in [0.5, 0.6) is 0 Å². The molecule has 4 amide bonds. The Balaban J connectivity index is 1.89. The monoisotopic (exact) mass is 329 g/mol. The Morgan fingerprint density at radius 3 is 2.67 bits per heavy atom. The third-order valence-electron chi connectivity index (χ3n) is 5.06. The lowest BCUT2D eigenvalue weighted by Crippen LogP contribution is -2.47. The summed E-state index contributed by atoms with van der Waals surface area (Å²) in [4.78, 5) is 40.5. The predicted octanol–water partition coefficient (Wildman–Crippen LogP) is 1.64. The second kappa shape index (κ2) is 6.26. The van der Waals surface area contributed by atoms with Crippen molar-refractivity contribution < 1.29 is 14.4 Å². The third-order valence-corrected chi connectivity index (χ3v) is 5.06. The number of hydrogen-bond acceptors (Lipinski definition) is 3. The quantitative estimate of drug-likeness (QED) is 0.854. The van der Waals surface area contributed by atoms with E-state index in [1.165, 1.54) is 0 Å². The normalized spacial score (nSPS) is 22.5. The first-order chi connectivity index (χ1) is 11.5. The van der Waals surface area contributed by atoms with Gasteiger partial charge in [-0.2, -0.15) is 0 Å². The minimum atomic E-state index is -1.00.